The number of rotatable bonds is 3. The lowest BCUT2D eigenvalue weighted by Gasteiger charge is -2.04. The minimum atomic E-state index is -1.23. The highest BCUT2D eigenvalue weighted by Crippen LogP contribution is 1.80. The Labute approximate surface area is 56.7 Å². The summed E-state index contributed by atoms with van der Waals surface area (Å²) >= 11 is 0. The Bertz CT molecular complexity index is 146. The molecule has 0 aliphatic rings. The van der Waals surface area contributed by atoms with E-state index in [4.69, 9.17) is 10.8 Å². The molecule has 0 aromatic rings. The second-order valence-electron chi connectivity index (χ2n) is 1.57. The standard InChI is InChI=1S/C4H8N2O4/c5-2(3(7)8)1-10-4(6)9/h2H,1,5H2,(H2,6,9)(H,7,8)/t2-/m1/s1. The maximum Gasteiger partial charge on any atom is 0.404 e. The normalized spacial score (nSPS) is 12.1. The Morgan fingerprint density at radius 2 is 2.10 bits per heavy atom. The number of hydrogen-bond acceptors (Lipinski definition) is 4. The van der Waals surface area contributed by atoms with Crippen LogP contribution in [0.3, 0.4) is 0 Å². The molecule has 58 valence electrons. The van der Waals surface area contributed by atoms with Crippen molar-refractivity contribution in [2.24, 2.45) is 11.5 Å². The molecule has 5 N–H and O–H groups in total. The lowest BCUT2D eigenvalue weighted by molar-refractivity contribution is -0.139. The van der Waals surface area contributed by atoms with Crippen LogP contribution in [0.4, 0.5) is 4.79 Å². The van der Waals surface area contributed by atoms with Crippen LogP contribution in [0.2, 0.25) is 0 Å². The van der Waals surface area contributed by atoms with E-state index < -0.39 is 24.7 Å². The zero-order valence-corrected chi connectivity index (χ0v) is 5.11. The summed E-state index contributed by atoms with van der Waals surface area (Å²) in [6.45, 7) is -0.398. The summed E-state index contributed by atoms with van der Waals surface area (Å²) in [6, 6.07) is -1.20. The fraction of sp³-hybridized carbons (Fsp3) is 0.500. The molecule has 0 saturated carbocycles. The molecular formula is C4H8N2O4. The van der Waals surface area contributed by atoms with Crippen LogP contribution in [0.1, 0.15) is 0 Å². The predicted octanol–water partition coefficient (Wildman–Crippen LogP) is -1.51. The molecule has 10 heavy (non-hydrogen) atoms. The maximum atomic E-state index is 9.95. The summed E-state index contributed by atoms with van der Waals surface area (Å²) in [6.07, 6.45) is -1.03. The Hall–Kier alpha value is -1.30. The first-order chi connectivity index (χ1) is 4.54. The molecule has 0 saturated heterocycles. The Kier molecular flexibility index (Phi) is 3.20. The van der Waals surface area contributed by atoms with Crippen molar-refractivity contribution in [3.05, 3.63) is 0 Å². The minimum absolute atomic E-state index is 0.398. The number of carboxylic acid groups (broad SMARTS) is 1. The van der Waals surface area contributed by atoms with Crippen LogP contribution in [0.25, 0.3) is 0 Å². The van der Waals surface area contributed by atoms with E-state index in [0.717, 1.165) is 0 Å². The van der Waals surface area contributed by atoms with Gasteiger partial charge in [0.2, 0.25) is 0 Å². The summed E-state index contributed by atoms with van der Waals surface area (Å²) in [5.74, 6) is -1.23. The second kappa shape index (κ2) is 3.67. The van der Waals surface area contributed by atoms with E-state index in [1.807, 2.05) is 0 Å². The number of carbonyl (C=O) groups excluding carboxylic acids is 1. The third-order valence-corrected chi connectivity index (χ3v) is 0.722. The van der Waals surface area contributed by atoms with Gasteiger partial charge in [0.05, 0.1) is 0 Å². The number of nitrogens with two attached hydrogens (primary N) is 2. The van der Waals surface area contributed by atoms with Crippen LogP contribution in [-0.2, 0) is 9.53 Å². The van der Waals surface area contributed by atoms with E-state index in [-0.39, 0.29) is 0 Å². The molecule has 0 rings (SSSR count). The molecule has 0 aliphatic heterocycles. The first-order valence-corrected chi connectivity index (χ1v) is 2.44. The molecule has 0 bridgehead atoms. The molecule has 6 heteroatoms. The summed E-state index contributed by atoms with van der Waals surface area (Å²) in [5.41, 5.74) is 9.46. The zero-order valence-electron chi connectivity index (χ0n) is 5.11. The quantitative estimate of drug-likeness (QED) is 0.450. The molecule has 6 nitrogen and oxygen atoms in total. The van der Waals surface area contributed by atoms with Gasteiger partial charge in [0.25, 0.3) is 0 Å². The van der Waals surface area contributed by atoms with Gasteiger partial charge in [-0.05, 0) is 0 Å². The monoisotopic (exact) mass is 148 g/mol. The third-order valence-electron chi connectivity index (χ3n) is 0.722. The largest absolute Gasteiger partial charge is 0.480 e. The van der Waals surface area contributed by atoms with E-state index in [0.29, 0.717) is 0 Å². The fourth-order valence-electron chi connectivity index (χ4n) is 0.243. The summed E-state index contributed by atoms with van der Waals surface area (Å²) in [5, 5.41) is 8.14. The molecular weight excluding hydrogens is 140 g/mol. The molecule has 1 amide bonds. The Morgan fingerprint density at radius 1 is 1.60 bits per heavy atom. The van der Waals surface area contributed by atoms with Crippen LogP contribution in [0.15, 0.2) is 0 Å². The number of amides is 1. The molecule has 0 radical (unpaired) electrons. The van der Waals surface area contributed by atoms with Gasteiger partial charge in [0.15, 0.2) is 0 Å². The average Bonchev–Trinajstić information content (AvgIpc) is 1.82. The number of primary amides is 1. The van der Waals surface area contributed by atoms with Crippen molar-refractivity contribution in [1.82, 2.24) is 0 Å². The molecule has 0 aromatic heterocycles. The third kappa shape index (κ3) is 3.67. The number of ether oxygens (including phenoxy) is 1. The molecule has 0 aliphatic carbocycles. The van der Waals surface area contributed by atoms with Gasteiger partial charge < -0.3 is 21.3 Å². The summed E-state index contributed by atoms with van der Waals surface area (Å²) in [7, 11) is 0. The van der Waals surface area contributed by atoms with Gasteiger partial charge >= 0.3 is 12.1 Å². The van der Waals surface area contributed by atoms with Crippen LogP contribution in [0.5, 0.6) is 0 Å². The van der Waals surface area contributed by atoms with E-state index in [9.17, 15) is 9.59 Å². The van der Waals surface area contributed by atoms with Gasteiger partial charge in [-0.3, -0.25) is 4.79 Å². The van der Waals surface area contributed by atoms with E-state index >= 15 is 0 Å². The highest BCUT2D eigenvalue weighted by atomic mass is 16.5. The lowest BCUT2D eigenvalue weighted by atomic mass is 10.3. The maximum absolute atomic E-state index is 9.95. The molecule has 1 atom stereocenters. The number of hydrogen-bond donors (Lipinski definition) is 3. The van der Waals surface area contributed by atoms with Gasteiger partial charge in [0.1, 0.15) is 12.6 Å². The van der Waals surface area contributed by atoms with Gasteiger partial charge in [-0.15, -0.1) is 0 Å². The fourth-order valence-corrected chi connectivity index (χ4v) is 0.243. The first kappa shape index (κ1) is 8.70. The van der Waals surface area contributed by atoms with Gasteiger partial charge in [0, 0.05) is 0 Å². The molecule has 0 aromatic carbocycles. The number of carbonyl (C=O) groups is 2. The van der Waals surface area contributed by atoms with Crippen molar-refractivity contribution in [3.63, 3.8) is 0 Å². The SMILES string of the molecule is NC(=O)OC[C@@H](N)C(=O)O. The minimum Gasteiger partial charge on any atom is -0.480 e. The van der Waals surface area contributed by atoms with Crippen LogP contribution >= 0.6 is 0 Å². The lowest BCUT2D eigenvalue weighted by Crippen LogP contribution is -2.36. The van der Waals surface area contributed by atoms with Crippen molar-refractivity contribution in [2.45, 2.75) is 6.04 Å². The zero-order chi connectivity index (χ0) is 8.15. The second-order valence-corrected chi connectivity index (χ2v) is 1.57. The Morgan fingerprint density at radius 3 is 2.40 bits per heavy atom. The summed E-state index contributed by atoms with van der Waals surface area (Å²) in [4.78, 5) is 19.8. The highest BCUT2D eigenvalue weighted by molar-refractivity contribution is 5.74. The van der Waals surface area contributed by atoms with Crippen molar-refractivity contribution >= 4 is 12.1 Å². The van der Waals surface area contributed by atoms with Crippen molar-refractivity contribution in [3.8, 4) is 0 Å². The van der Waals surface area contributed by atoms with Crippen LogP contribution in [-0.4, -0.2) is 29.8 Å². The van der Waals surface area contributed by atoms with Crippen LogP contribution < -0.4 is 11.5 Å². The first-order valence-electron chi connectivity index (χ1n) is 2.44. The molecule has 0 unspecified atom stereocenters. The van der Waals surface area contributed by atoms with E-state index in [1.54, 1.807) is 0 Å². The Balaban J connectivity index is 3.49. The van der Waals surface area contributed by atoms with Gasteiger partial charge in [-0.2, -0.15) is 0 Å². The van der Waals surface area contributed by atoms with E-state index in [1.165, 1.54) is 0 Å². The predicted molar refractivity (Wildman–Crippen MR) is 31.1 cm³/mol. The van der Waals surface area contributed by atoms with Crippen molar-refractivity contribution in [2.75, 3.05) is 6.61 Å². The number of carboxylic acids is 1. The van der Waals surface area contributed by atoms with Gasteiger partial charge in [-0.25, -0.2) is 4.79 Å². The molecule has 0 heterocycles. The van der Waals surface area contributed by atoms with Gasteiger partial charge in [-0.1, -0.05) is 0 Å². The van der Waals surface area contributed by atoms with Crippen molar-refractivity contribution < 1.29 is 19.4 Å². The number of aliphatic carboxylic acids is 1. The average molecular weight is 148 g/mol. The van der Waals surface area contributed by atoms with Crippen molar-refractivity contribution in [1.29, 1.82) is 0 Å². The smallest absolute Gasteiger partial charge is 0.404 e. The highest BCUT2D eigenvalue weighted by Gasteiger charge is 2.12. The summed E-state index contributed by atoms with van der Waals surface area (Å²) < 4.78 is 4.10. The molecule has 0 spiro atoms. The topological polar surface area (TPSA) is 116 Å². The van der Waals surface area contributed by atoms with E-state index in [2.05, 4.69) is 10.5 Å². The van der Waals surface area contributed by atoms with Crippen LogP contribution in [0, 0.1) is 0 Å². The molecule has 0 fully saturated rings.